The zero-order valence-corrected chi connectivity index (χ0v) is 33.4. The van der Waals surface area contributed by atoms with E-state index in [1.807, 2.05) is 0 Å². The molecule has 1 spiro atoms. The van der Waals surface area contributed by atoms with Crippen molar-refractivity contribution in [3.8, 4) is 56.4 Å². The monoisotopic (exact) mass is 765 g/mol. The summed E-state index contributed by atoms with van der Waals surface area (Å²) in [4.78, 5) is 16.2. The lowest BCUT2D eigenvalue weighted by Crippen LogP contribution is -2.40. The van der Waals surface area contributed by atoms with Gasteiger partial charge in [0.2, 0.25) is 0 Å². The average molecular weight is 766 g/mol. The van der Waals surface area contributed by atoms with Gasteiger partial charge >= 0.3 is 0 Å². The second-order valence-electron chi connectivity index (χ2n) is 16.7. The Labute approximate surface area is 349 Å². The summed E-state index contributed by atoms with van der Waals surface area (Å²) in [6.45, 7) is 4.74. The van der Waals surface area contributed by atoms with Crippen molar-refractivity contribution in [3.63, 3.8) is 0 Å². The Hall–Kier alpha value is -7.49. The minimum absolute atomic E-state index is 0.179. The molecule has 0 saturated carbocycles. The number of aromatic nitrogens is 3. The van der Waals surface area contributed by atoms with E-state index in [0.717, 1.165) is 49.4 Å². The van der Waals surface area contributed by atoms with E-state index in [2.05, 4.69) is 214 Å². The van der Waals surface area contributed by atoms with Crippen LogP contribution in [0.3, 0.4) is 0 Å². The lowest BCUT2D eigenvalue weighted by molar-refractivity contribution is 0.563. The van der Waals surface area contributed by atoms with Gasteiger partial charge in [0.05, 0.1) is 5.41 Å². The fraction of sp³-hybridized carbons (Fsp3) is 0.0702. The molecule has 0 amide bonds. The van der Waals surface area contributed by atoms with Crippen LogP contribution in [0.5, 0.6) is 0 Å². The van der Waals surface area contributed by atoms with Gasteiger partial charge in [-0.25, -0.2) is 15.0 Å². The van der Waals surface area contributed by atoms with Crippen LogP contribution >= 0.6 is 0 Å². The van der Waals surface area contributed by atoms with Gasteiger partial charge in [0.1, 0.15) is 0 Å². The molecule has 3 nitrogen and oxygen atoms in total. The first-order chi connectivity index (χ1) is 29.5. The van der Waals surface area contributed by atoms with Crippen molar-refractivity contribution < 1.29 is 0 Å². The van der Waals surface area contributed by atoms with Crippen LogP contribution < -0.4 is 0 Å². The quantitative estimate of drug-likeness (QED) is 0.179. The molecule has 1 aromatic heterocycles. The van der Waals surface area contributed by atoms with Crippen molar-refractivity contribution >= 4 is 21.5 Å². The summed E-state index contributed by atoms with van der Waals surface area (Å²) in [5.74, 6) is 1.93. The zero-order valence-electron chi connectivity index (χ0n) is 33.4. The molecular weight excluding hydrogens is 727 g/mol. The van der Waals surface area contributed by atoms with Crippen LogP contribution in [0.25, 0.3) is 78.0 Å². The molecule has 3 heteroatoms. The van der Waals surface area contributed by atoms with E-state index in [9.17, 15) is 0 Å². The molecule has 60 heavy (non-hydrogen) atoms. The van der Waals surface area contributed by atoms with Crippen molar-refractivity contribution in [2.24, 2.45) is 0 Å². The molecule has 0 bridgehead atoms. The van der Waals surface area contributed by atoms with E-state index in [-0.39, 0.29) is 5.41 Å². The maximum Gasteiger partial charge on any atom is 0.164 e. The molecule has 2 aliphatic carbocycles. The highest BCUT2D eigenvalue weighted by Crippen LogP contribution is 2.62. The van der Waals surface area contributed by atoms with Crippen LogP contribution in [0.4, 0.5) is 0 Å². The van der Waals surface area contributed by atoms with Crippen LogP contribution in [-0.2, 0) is 10.8 Å². The summed E-state index contributed by atoms with van der Waals surface area (Å²) in [6, 6.07) is 72.6. The highest BCUT2D eigenvalue weighted by atomic mass is 15.0. The third-order valence-electron chi connectivity index (χ3n) is 13.2. The Morgan fingerprint density at radius 2 is 0.817 bits per heavy atom. The predicted molar refractivity (Wildman–Crippen MR) is 246 cm³/mol. The predicted octanol–water partition coefficient (Wildman–Crippen LogP) is 13.8. The van der Waals surface area contributed by atoms with E-state index < -0.39 is 5.41 Å². The summed E-state index contributed by atoms with van der Waals surface area (Å²) in [6.07, 6.45) is 0. The molecule has 10 aromatic rings. The van der Waals surface area contributed by atoms with Crippen LogP contribution in [0.1, 0.15) is 47.2 Å². The molecule has 0 radical (unpaired) electrons. The van der Waals surface area contributed by atoms with E-state index in [0.29, 0.717) is 17.5 Å². The molecule has 0 atom stereocenters. The first-order valence-electron chi connectivity index (χ1n) is 20.8. The van der Waals surface area contributed by atoms with Gasteiger partial charge in [-0.05, 0) is 95.4 Å². The number of benzene rings is 9. The summed E-state index contributed by atoms with van der Waals surface area (Å²) in [5, 5.41) is 4.48. The minimum atomic E-state index is -0.529. The molecular formula is C57H39N3. The van der Waals surface area contributed by atoms with E-state index >= 15 is 0 Å². The maximum absolute atomic E-state index is 5.46. The second-order valence-corrected chi connectivity index (χ2v) is 16.7. The van der Waals surface area contributed by atoms with Gasteiger partial charge in [-0.1, -0.05) is 196 Å². The van der Waals surface area contributed by atoms with Gasteiger partial charge in [-0.3, -0.25) is 0 Å². The van der Waals surface area contributed by atoms with Crippen LogP contribution in [0, 0.1) is 0 Å². The van der Waals surface area contributed by atoms with Crippen molar-refractivity contribution in [2.45, 2.75) is 24.7 Å². The van der Waals surface area contributed by atoms with E-state index in [4.69, 9.17) is 15.0 Å². The molecule has 0 aliphatic heterocycles. The summed E-state index contributed by atoms with van der Waals surface area (Å²) < 4.78 is 0. The van der Waals surface area contributed by atoms with Gasteiger partial charge < -0.3 is 0 Å². The Bertz CT molecular complexity index is 3310. The SMILES string of the molecule is CC1(C)c2ccccc2C2(c3ccccc3-c3ccc(-c4nc(-c5cccc6ccccc56)nc(-c5cc(-c6ccccc6)cc6ccccc56)n4)cc32)c2ccccc21. The average Bonchev–Trinajstić information content (AvgIpc) is 3.60. The Morgan fingerprint density at radius 1 is 0.300 bits per heavy atom. The standard InChI is InChI=1S/C57H39N3/c1-56(2)48-27-12-14-29-50(48)57(51-30-15-13-28-49(51)56)47-26-11-10-24-43(47)44-32-31-39(35-52(44)57)53-58-54(45-25-16-21-37-19-6-8-22-41(37)45)60-55(59-53)46-34-40(36-17-4-3-5-18-36)33-38-20-7-9-23-42(38)46/h3-35H,1-2H3. The van der Waals surface area contributed by atoms with Gasteiger partial charge in [0.15, 0.2) is 17.5 Å². The van der Waals surface area contributed by atoms with Crippen LogP contribution in [0.15, 0.2) is 200 Å². The maximum atomic E-state index is 5.46. The van der Waals surface area contributed by atoms with E-state index in [1.165, 1.54) is 44.5 Å². The van der Waals surface area contributed by atoms with Crippen LogP contribution in [0.2, 0.25) is 0 Å². The normalized spacial score (nSPS) is 14.1. The highest BCUT2D eigenvalue weighted by molar-refractivity contribution is 6.00. The van der Waals surface area contributed by atoms with Gasteiger partial charge in [-0.15, -0.1) is 0 Å². The number of hydrogen-bond acceptors (Lipinski definition) is 3. The Balaban J connectivity index is 1.15. The molecule has 282 valence electrons. The first-order valence-corrected chi connectivity index (χ1v) is 20.8. The molecule has 9 aromatic carbocycles. The first kappa shape index (κ1) is 34.5. The lowest BCUT2D eigenvalue weighted by atomic mass is 9.55. The Kier molecular flexibility index (Phi) is 7.49. The molecule has 0 unspecified atom stereocenters. The fourth-order valence-corrected chi connectivity index (χ4v) is 10.5. The van der Waals surface area contributed by atoms with Gasteiger partial charge in [-0.2, -0.15) is 0 Å². The van der Waals surface area contributed by atoms with Crippen molar-refractivity contribution in [2.75, 3.05) is 0 Å². The highest BCUT2D eigenvalue weighted by Gasteiger charge is 2.53. The minimum Gasteiger partial charge on any atom is -0.208 e. The number of hydrogen-bond donors (Lipinski definition) is 0. The van der Waals surface area contributed by atoms with E-state index in [1.54, 1.807) is 0 Å². The third kappa shape index (κ3) is 4.93. The van der Waals surface area contributed by atoms with Crippen molar-refractivity contribution in [1.29, 1.82) is 0 Å². The molecule has 0 saturated heterocycles. The van der Waals surface area contributed by atoms with Gasteiger partial charge in [0, 0.05) is 22.1 Å². The number of nitrogens with zero attached hydrogens (tertiary/aromatic N) is 3. The van der Waals surface area contributed by atoms with Crippen molar-refractivity contribution in [3.05, 3.63) is 234 Å². The van der Waals surface area contributed by atoms with Gasteiger partial charge in [0.25, 0.3) is 0 Å². The lowest BCUT2D eigenvalue weighted by Gasteiger charge is -2.46. The molecule has 12 rings (SSSR count). The molecule has 0 N–H and O–H groups in total. The largest absolute Gasteiger partial charge is 0.208 e. The topological polar surface area (TPSA) is 38.7 Å². The number of rotatable bonds is 4. The summed E-state index contributed by atoms with van der Waals surface area (Å²) >= 11 is 0. The Morgan fingerprint density at radius 3 is 1.55 bits per heavy atom. The second kappa shape index (κ2) is 13.0. The fourth-order valence-electron chi connectivity index (χ4n) is 10.5. The summed E-state index contributed by atoms with van der Waals surface area (Å²) in [5.41, 5.74) is 14.9. The smallest absolute Gasteiger partial charge is 0.164 e. The molecule has 1 heterocycles. The third-order valence-corrected chi connectivity index (χ3v) is 13.2. The summed E-state index contributed by atoms with van der Waals surface area (Å²) in [7, 11) is 0. The zero-order chi connectivity index (χ0) is 40.0. The molecule has 2 aliphatic rings. The van der Waals surface area contributed by atoms with Crippen LogP contribution in [-0.4, -0.2) is 15.0 Å². The number of fused-ring (bicyclic) bond motifs is 11. The van der Waals surface area contributed by atoms with Crippen molar-refractivity contribution in [1.82, 2.24) is 15.0 Å². The molecule has 0 fully saturated rings.